The second-order valence-corrected chi connectivity index (χ2v) is 8.63. The van der Waals surface area contributed by atoms with E-state index in [1.165, 1.54) is 0 Å². The molecule has 3 amide bonds. The summed E-state index contributed by atoms with van der Waals surface area (Å²) in [6, 6.07) is 21.5. The van der Waals surface area contributed by atoms with Gasteiger partial charge in [0.1, 0.15) is 10.7 Å². The average molecular weight is 494 g/mol. The van der Waals surface area contributed by atoms with Crippen LogP contribution in [0.4, 0.5) is 5.69 Å². The van der Waals surface area contributed by atoms with Crippen molar-refractivity contribution >= 4 is 46.6 Å². The summed E-state index contributed by atoms with van der Waals surface area (Å²) in [5.74, 6) is -1.30. The van der Waals surface area contributed by atoms with E-state index in [-0.39, 0.29) is 29.7 Å². The van der Waals surface area contributed by atoms with Gasteiger partial charge in [0.15, 0.2) is 0 Å². The van der Waals surface area contributed by atoms with E-state index in [1.807, 2.05) is 31.2 Å². The molecule has 0 aromatic heterocycles. The maximum atomic E-state index is 12.8. The fourth-order valence-corrected chi connectivity index (χ4v) is 3.89. The number of imide groups is 1. The molecule has 2 N–H and O–H groups in total. The summed E-state index contributed by atoms with van der Waals surface area (Å²) in [6.45, 7) is 2.26. The highest BCUT2D eigenvalue weighted by Gasteiger charge is 2.37. The van der Waals surface area contributed by atoms with E-state index in [1.54, 1.807) is 48.5 Å². The number of anilines is 1. The third-order valence-corrected chi connectivity index (χ3v) is 6.11. The summed E-state index contributed by atoms with van der Waals surface area (Å²) in [5.41, 5.74) is 3.83. The number of halogens is 2. The number of hydrogen-bond acceptors (Lipinski definition) is 4. The molecular weight excluding hydrogens is 473 g/mol. The predicted molar refractivity (Wildman–Crippen MR) is 132 cm³/mol. The predicted octanol–water partition coefficient (Wildman–Crippen LogP) is 5.01. The number of nitrogens with one attached hydrogen (secondary N) is 2. The summed E-state index contributed by atoms with van der Waals surface area (Å²) in [7, 11) is 0. The topological polar surface area (TPSA) is 78.5 Å². The van der Waals surface area contributed by atoms with Gasteiger partial charge in [-0.25, -0.2) is 0 Å². The van der Waals surface area contributed by atoms with E-state index in [0.29, 0.717) is 21.8 Å². The smallest absolute Gasteiger partial charge is 0.278 e. The molecule has 0 unspecified atom stereocenters. The SMILES string of the molecule is Cc1ccc(NC(=O)c2ccc(CNC3=C(Cl)C(=O)N(Cc4ccccc4Cl)C3=O)cc2)cc1. The lowest BCUT2D eigenvalue weighted by molar-refractivity contribution is -0.138. The summed E-state index contributed by atoms with van der Waals surface area (Å²) < 4.78 is 0. The fourth-order valence-electron chi connectivity index (χ4n) is 3.44. The van der Waals surface area contributed by atoms with Crippen molar-refractivity contribution in [3.63, 3.8) is 0 Å². The first-order valence-corrected chi connectivity index (χ1v) is 11.3. The molecule has 0 bridgehead atoms. The van der Waals surface area contributed by atoms with Crippen molar-refractivity contribution in [1.82, 2.24) is 10.2 Å². The van der Waals surface area contributed by atoms with Gasteiger partial charge in [0.2, 0.25) is 0 Å². The van der Waals surface area contributed by atoms with Crippen LogP contribution in [0.5, 0.6) is 0 Å². The van der Waals surface area contributed by atoms with Crippen LogP contribution >= 0.6 is 23.2 Å². The van der Waals surface area contributed by atoms with Gasteiger partial charge < -0.3 is 10.6 Å². The highest BCUT2D eigenvalue weighted by molar-refractivity contribution is 6.47. The Bertz CT molecular complexity index is 1290. The molecule has 1 aliphatic heterocycles. The number of amides is 3. The summed E-state index contributed by atoms with van der Waals surface area (Å²) >= 11 is 12.3. The van der Waals surface area contributed by atoms with Crippen molar-refractivity contribution in [1.29, 1.82) is 0 Å². The first-order chi connectivity index (χ1) is 16.3. The normalized spacial score (nSPS) is 13.4. The molecule has 0 saturated heterocycles. The molecule has 3 aromatic rings. The zero-order valence-electron chi connectivity index (χ0n) is 18.3. The molecular formula is C26H21Cl2N3O3. The Morgan fingerprint density at radius 3 is 2.24 bits per heavy atom. The number of hydrogen-bond donors (Lipinski definition) is 2. The third-order valence-electron chi connectivity index (χ3n) is 5.39. The van der Waals surface area contributed by atoms with Gasteiger partial charge >= 0.3 is 0 Å². The number of rotatable bonds is 7. The van der Waals surface area contributed by atoms with Crippen LogP contribution < -0.4 is 10.6 Å². The van der Waals surface area contributed by atoms with Crippen molar-refractivity contribution in [3.05, 3.63) is 111 Å². The Morgan fingerprint density at radius 1 is 0.882 bits per heavy atom. The number of benzene rings is 3. The molecule has 0 spiro atoms. The van der Waals surface area contributed by atoms with Gasteiger partial charge in [-0.1, -0.05) is 71.2 Å². The Labute approximate surface area is 207 Å². The minimum atomic E-state index is -0.572. The molecule has 0 fully saturated rings. The van der Waals surface area contributed by atoms with Gasteiger partial charge in [-0.3, -0.25) is 19.3 Å². The van der Waals surface area contributed by atoms with E-state index >= 15 is 0 Å². The van der Waals surface area contributed by atoms with E-state index < -0.39 is 11.8 Å². The minimum absolute atomic E-state index is 0.0313. The van der Waals surface area contributed by atoms with Crippen LogP contribution in [0, 0.1) is 6.92 Å². The number of carbonyl (C=O) groups excluding carboxylic acids is 3. The number of nitrogens with zero attached hydrogens (tertiary/aromatic N) is 1. The third kappa shape index (κ3) is 5.14. The zero-order valence-corrected chi connectivity index (χ0v) is 19.8. The molecule has 172 valence electrons. The van der Waals surface area contributed by atoms with E-state index in [9.17, 15) is 14.4 Å². The first-order valence-electron chi connectivity index (χ1n) is 10.5. The molecule has 6 nitrogen and oxygen atoms in total. The number of carbonyl (C=O) groups is 3. The van der Waals surface area contributed by atoms with Crippen molar-refractivity contribution in [3.8, 4) is 0 Å². The highest BCUT2D eigenvalue weighted by atomic mass is 35.5. The molecule has 1 aliphatic rings. The molecule has 0 saturated carbocycles. The lowest BCUT2D eigenvalue weighted by Gasteiger charge is -2.16. The summed E-state index contributed by atoms with van der Waals surface area (Å²) in [5, 5.41) is 6.11. The van der Waals surface area contributed by atoms with Crippen molar-refractivity contribution in [2.45, 2.75) is 20.0 Å². The molecule has 1 heterocycles. The lowest BCUT2D eigenvalue weighted by Crippen LogP contribution is -2.33. The standard InChI is InChI=1S/C26H21Cl2N3O3/c1-16-6-12-20(13-7-16)30-24(32)18-10-8-17(9-11-18)14-29-23-22(28)25(33)31(26(23)34)15-19-4-2-3-5-21(19)27/h2-13,29H,14-15H2,1H3,(H,30,32). The molecule has 4 rings (SSSR count). The minimum Gasteiger partial charge on any atom is -0.375 e. The van der Waals surface area contributed by atoms with Gasteiger partial charge in [0.05, 0.1) is 6.54 Å². The molecule has 0 radical (unpaired) electrons. The quantitative estimate of drug-likeness (QED) is 0.453. The molecule has 3 aromatic carbocycles. The highest BCUT2D eigenvalue weighted by Crippen LogP contribution is 2.26. The van der Waals surface area contributed by atoms with Crippen molar-refractivity contribution < 1.29 is 14.4 Å². The van der Waals surface area contributed by atoms with Crippen LogP contribution in [0.25, 0.3) is 0 Å². The van der Waals surface area contributed by atoms with Crippen molar-refractivity contribution in [2.24, 2.45) is 0 Å². The van der Waals surface area contributed by atoms with Gasteiger partial charge in [0, 0.05) is 22.8 Å². The van der Waals surface area contributed by atoms with E-state index in [4.69, 9.17) is 23.2 Å². The Morgan fingerprint density at radius 2 is 1.56 bits per heavy atom. The van der Waals surface area contributed by atoms with E-state index in [2.05, 4.69) is 10.6 Å². The molecule has 8 heteroatoms. The Balaban J connectivity index is 1.37. The van der Waals surface area contributed by atoms with E-state index in [0.717, 1.165) is 16.0 Å². The molecule has 0 atom stereocenters. The van der Waals surface area contributed by atoms with Gasteiger partial charge in [0.25, 0.3) is 17.7 Å². The maximum Gasteiger partial charge on any atom is 0.278 e. The van der Waals surface area contributed by atoms with Gasteiger partial charge in [-0.15, -0.1) is 0 Å². The Hall–Kier alpha value is -3.61. The van der Waals surface area contributed by atoms with Gasteiger partial charge in [-0.05, 0) is 48.4 Å². The average Bonchev–Trinajstić information content (AvgIpc) is 3.03. The largest absolute Gasteiger partial charge is 0.375 e. The van der Waals surface area contributed by atoms with Crippen LogP contribution in [-0.2, 0) is 22.7 Å². The second-order valence-electron chi connectivity index (χ2n) is 7.85. The maximum absolute atomic E-state index is 12.8. The molecule has 0 aliphatic carbocycles. The lowest BCUT2D eigenvalue weighted by atomic mass is 10.1. The monoisotopic (exact) mass is 493 g/mol. The molecule has 34 heavy (non-hydrogen) atoms. The second kappa shape index (κ2) is 10.1. The van der Waals surface area contributed by atoms with Crippen LogP contribution in [0.2, 0.25) is 5.02 Å². The fraction of sp³-hybridized carbons (Fsp3) is 0.115. The zero-order chi connectivity index (χ0) is 24.2. The van der Waals surface area contributed by atoms with Crippen molar-refractivity contribution in [2.75, 3.05) is 5.32 Å². The Kier molecular flexibility index (Phi) is 7.01. The van der Waals surface area contributed by atoms with Gasteiger partial charge in [-0.2, -0.15) is 0 Å². The summed E-state index contributed by atoms with van der Waals surface area (Å²) in [4.78, 5) is 38.9. The van der Waals surface area contributed by atoms with Crippen LogP contribution in [0.1, 0.15) is 27.0 Å². The van der Waals surface area contributed by atoms with Crippen LogP contribution in [-0.4, -0.2) is 22.6 Å². The summed E-state index contributed by atoms with van der Waals surface area (Å²) in [6.07, 6.45) is 0. The van der Waals surface area contributed by atoms with Crippen LogP contribution in [0.15, 0.2) is 83.5 Å². The first kappa shape index (κ1) is 23.5. The van der Waals surface area contributed by atoms with Crippen LogP contribution in [0.3, 0.4) is 0 Å². The number of aryl methyl sites for hydroxylation is 1.